The molecule has 0 saturated heterocycles. The Morgan fingerprint density at radius 1 is 0.964 bits per heavy atom. The number of rotatable bonds is 13. The molecular formula is C14H23N5O8S. The fourth-order valence-corrected chi connectivity index (χ4v) is 2.00. The summed E-state index contributed by atoms with van der Waals surface area (Å²) in [5.41, 5.74) is 10.4. The zero-order valence-electron chi connectivity index (χ0n) is 14.7. The Kier molecular flexibility index (Phi) is 11.2. The molecule has 0 aromatic carbocycles. The topological polar surface area (TPSA) is 231 Å². The molecule has 13 nitrogen and oxygen atoms in total. The maximum atomic E-state index is 12.2. The monoisotopic (exact) mass is 421 g/mol. The van der Waals surface area contributed by atoms with Gasteiger partial charge in [-0.05, 0) is 6.42 Å². The summed E-state index contributed by atoms with van der Waals surface area (Å²) in [5, 5.41) is 24.0. The van der Waals surface area contributed by atoms with Crippen LogP contribution in [0.3, 0.4) is 0 Å². The number of hydrogen-bond acceptors (Lipinski definition) is 8. The number of aliphatic carboxylic acids is 2. The maximum Gasteiger partial charge on any atom is 0.326 e. The summed E-state index contributed by atoms with van der Waals surface area (Å²) < 4.78 is 0. The summed E-state index contributed by atoms with van der Waals surface area (Å²) in [7, 11) is 0. The molecule has 14 heteroatoms. The third kappa shape index (κ3) is 10.3. The van der Waals surface area contributed by atoms with E-state index >= 15 is 0 Å². The molecule has 0 aliphatic rings. The molecule has 0 aromatic heterocycles. The van der Waals surface area contributed by atoms with E-state index in [1.54, 1.807) is 0 Å². The van der Waals surface area contributed by atoms with Gasteiger partial charge in [0, 0.05) is 12.2 Å². The van der Waals surface area contributed by atoms with Crippen LogP contribution in [-0.2, 0) is 28.8 Å². The maximum absolute atomic E-state index is 12.2. The third-order valence-electron chi connectivity index (χ3n) is 3.28. The lowest BCUT2D eigenvalue weighted by Crippen LogP contribution is -2.54. The molecule has 28 heavy (non-hydrogen) atoms. The molecule has 0 aliphatic carbocycles. The van der Waals surface area contributed by atoms with Crippen molar-refractivity contribution in [2.75, 3.05) is 12.3 Å². The van der Waals surface area contributed by atoms with Crippen LogP contribution in [0.1, 0.15) is 19.3 Å². The Balaban J connectivity index is 4.84. The number of nitrogens with one attached hydrogen (secondary N) is 3. The van der Waals surface area contributed by atoms with Gasteiger partial charge in [0.05, 0.1) is 19.0 Å². The summed E-state index contributed by atoms with van der Waals surface area (Å²) >= 11 is 3.84. The molecule has 9 N–H and O–H groups in total. The number of primary amides is 1. The molecule has 158 valence electrons. The van der Waals surface area contributed by atoms with E-state index in [1.165, 1.54) is 0 Å². The summed E-state index contributed by atoms with van der Waals surface area (Å²) in [5.74, 6) is -6.22. The Labute approximate surface area is 165 Å². The van der Waals surface area contributed by atoms with Gasteiger partial charge in [-0.2, -0.15) is 12.6 Å². The van der Waals surface area contributed by atoms with E-state index < -0.39 is 73.1 Å². The van der Waals surface area contributed by atoms with E-state index in [0.717, 1.165) is 0 Å². The van der Waals surface area contributed by atoms with Crippen LogP contribution < -0.4 is 27.4 Å². The quantitative estimate of drug-likeness (QED) is 0.136. The van der Waals surface area contributed by atoms with Crippen molar-refractivity contribution < 1.29 is 39.0 Å². The minimum Gasteiger partial charge on any atom is -0.481 e. The van der Waals surface area contributed by atoms with Crippen LogP contribution >= 0.6 is 12.6 Å². The van der Waals surface area contributed by atoms with Crippen molar-refractivity contribution in [2.45, 2.75) is 37.4 Å². The van der Waals surface area contributed by atoms with Crippen LogP contribution in [0, 0.1) is 0 Å². The summed E-state index contributed by atoms with van der Waals surface area (Å²) in [6.45, 7) is -0.681. The number of amides is 4. The van der Waals surface area contributed by atoms with E-state index in [0.29, 0.717) is 0 Å². The van der Waals surface area contributed by atoms with Gasteiger partial charge in [-0.3, -0.25) is 24.0 Å². The van der Waals surface area contributed by atoms with E-state index in [-0.39, 0.29) is 12.2 Å². The van der Waals surface area contributed by atoms with E-state index in [1.807, 2.05) is 5.32 Å². The predicted octanol–water partition coefficient (Wildman–Crippen LogP) is -3.85. The average Bonchev–Trinajstić information content (AvgIpc) is 2.60. The number of carbonyl (C=O) groups excluding carboxylic acids is 4. The Bertz CT molecular complexity index is 629. The molecule has 0 aliphatic heterocycles. The lowest BCUT2D eigenvalue weighted by Gasteiger charge is -2.20. The molecule has 0 fully saturated rings. The number of carboxylic acid groups (broad SMARTS) is 2. The third-order valence-corrected chi connectivity index (χ3v) is 3.67. The zero-order valence-corrected chi connectivity index (χ0v) is 15.6. The van der Waals surface area contributed by atoms with E-state index in [9.17, 15) is 28.8 Å². The van der Waals surface area contributed by atoms with Crippen LogP contribution in [0.25, 0.3) is 0 Å². The van der Waals surface area contributed by atoms with Crippen LogP contribution in [0.2, 0.25) is 0 Å². The fraction of sp³-hybridized carbons (Fsp3) is 0.571. The lowest BCUT2D eigenvalue weighted by atomic mass is 10.1. The molecule has 0 heterocycles. The van der Waals surface area contributed by atoms with Gasteiger partial charge in [-0.15, -0.1) is 0 Å². The van der Waals surface area contributed by atoms with Gasteiger partial charge >= 0.3 is 11.9 Å². The highest BCUT2D eigenvalue weighted by Crippen LogP contribution is 2.00. The van der Waals surface area contributed by atoms with Crippen molar-refractivity contribution in [2.24, 2.45) is 11.5 Å². The standard InChI is InChI=1S/C14H23N5O8S/c15-6(5-28)12(24)19-7(1-2-11(22)23)13(25)17-4-10(21)18-8(14(26)27)3-9(16)20/h6-8,28H,1-5,15H2,(H2,16,20)(H,17,25)(H,18,21)(H,19,24)(H,22,23)(H,26,27). The molecule has 0 saturated carbocycles. The summed E-state index contributed by atoms with van der Waals surface area (Å²) in [6.07, 6.45) is -1.36. The number of hydrogen-bond donors (Lipinski definition) is 8. The first-order valence-electron chi connectivity index (χ1n) is 7.94. The molecule has 3 unspecified atom stereocenters. The van der Waals surface area contributed by atoms with Crippen molar-refractivity contribution in [1.29, 1.82) is 0 Å². The number of carbonyl (C=O) groups is 6. The minimum absolute atomic E-state index is 0.0159. The summed E-state index contributed by atoms with van der Waals surface area (Å²) in [6, 6.07) is -3.89. The lowest BCUT2D eigenvalue weighted by molar-refractivity contribution is -0.143. The largest absolute Gasteiger partial charge is 0.481 e. The molecular weight excluding hydrogens is 398 g/mol. The van der Waals surface area contributed by atoms with Gasteiger partial charge in [0.2, 0.25) is 23.6 Å². The molecule has 4 amide bonds. The Hall–Kier alpha value is -2.87. The van der Waals surface area contributed by atoms with Gasteiger partial charge in [0.1, 0.15) is 12.1 Å². The van der Waals surface area contributed by atoms with Gasteiger partial charge in [0.15, 0.2) is 0 Å². The van der Waals surface area contributed by atoms with Crippen molar-refractivity contribution >= 4 is 48.2 Å². The molecule has 0 rings (SSSR count). The van der Waals surface area contributed by atoms with Gasteiger partial charge < -0.3 is 37.6 Å². The van der Waals surface area contributed by atoms with E-state index in [4.69, 9.17) is 21.7 Å². The van der Waals surface area contributed by atoms with Crippen molar-refractivity contribution in [3.05, 3.63) is 0 Å². The zero-order chi connectivity index (χ0) is 21.9. The van der Waals surface area contributed by atoms with Crippen LogP contribution in [-0.4, -0.2) is 76.2 Å². The molecule has 3 atom stereocenters. The highest BCUT2D eigenvalue weighted by molar-refractivity contribution is 7.80. The van der Waals surface area contributed by atoms with Gasteiger partial charge in [-0.1, -0.05) is 0 Å². The van der Waals surface area contributed by atoms with E-state index in [2.05, 4.69) is 23.3 Å². The van der Waals surface area contributed by atoms with Crippen molar-refractivity contribution in [1.82, 2.24) is 16.0 Å². The van der Waals surface area contributed by atoms with Crippen LogP contribution in [0.4, 0.5) is 0 Å². The number of thiol groups is 1. The average molecular weight is 421 g/mol. The SMILES string of the molecule is NC(=O)CC(NC(=O)CNC(=O)C(CCC(=O)O)NC(=O)C(N)CS)C(=O)O. The van der Waals surface area contributed by atoms with Gasteiger partial charge in [-0.25, -0.2) is 4.79 Å². The summed E-state index contributed by atoms with van der Waals surface area (Å²) in [4.78, 5) is 68.2. The normalized spacial score (nSPS) is 13.5. The second-order valence-electron chi connectivity index (χ2n) is 5.63. The second-order valence-corrected chi connectivity index (χ2v) is 5.99. The smallest absolute Gasteiger partial charge is 0.326 e. The highest BCUT2D eigenvalue weighted by atomic mass is 32.1. The second kappa shape index (κ2) is 12.5. The fourth-order valence-electron chi connectivity index (χ4n) is 1.84. The number of carboxylic acids is 2. The molecule has 0 spiro atoms. The first-order chi connectivity index (χ1) is 13.0. The van der Waals surface area contributed by atoms with Crippen molar-refractivity contribution in [3.8, 4) is 0 Å². The van der Waals surface area contributed by atoms with Crippen LogP contribution in [0.5, 0.6) is 0 Å². The van der Waals surface area contributed by atoms with Crippen molar-refractivity contribution in [3.63, 3.8) is 0 Å². The van der Waals surface area contributed by atoms with Crippen LogP contribution in [0.15, 0.2) is 0 Å². The predicted molar refractivity (Wildman–Crippen MR) is 97.0 cm³/mol. The molecule has 0 bridgehead atoms. The Morgan fingerprint density at radius 2 is 1.57 bits per heavy atom. The van der Waals surface area contributed by atoms with Gasteiger partial charge in [0.25, 0.3) is 0 Å². The first-order valence-corrected chi connectivity index (χ1v) is 8.57. The molecule has 0 aromatic rings. The number of nitrogens with two attached hydrogens (primary N) is 2. The highest BCUT2D eigenvalue weighted by Gasteiger charge is 2.26. The molecule has 0 radical (unpaired) electrons. The Morgan fingerprint density at radius 3 is 2.04 bits per heavy atom. The first kappa shape index (κ1) is 25.1. The minimum atomic E-state index is -1.57.